The Morgan fingerprint density at radius 1 is 1.17 bits per heavy atom. The third-order valence-corrected chi connectivity index (χ3v) is 6.50. The fraction of sp³-hybridized carbons (Fsp3) is 0.273. The highest BCUT2D eigenvalue weighted by Crippen LogP contribution is 2.46. The second kappa shape index (κ2) is 7.84. The van der Waals surface area contributed by atoms with E-state index < -0.39 is 0 Å². The quantitative estimate of drug-likeness (QED) is 0.666. The van der Waals surface area contributed by atoms with Crippen LogP contribution in [0.1, 0.15) is 42.2 Å². The number of phenols is 1. The number of aromatic hydroxyl groups is 1. The normalized spacial score (nSPS) is 21.6. The number of ether oxygens (including phenoxy) is 1. The van der Waals surface area contributed by atoms with Crippen molar-refractivity contribution in [3.05, 3.63) is 68.3 Å². The van der Waals surface area contributed by atoms with Gasteiger partial charge in [-0.15, -0.1) is 0 Å². The minimum absolute atomic E-state index is 0.00401. The summed E-state index contributed by atoms with van der Waals surface area (Å²) in [6.45, 7) is 0. The monoisotopic (exact) mass is 475 g/mol. The molecule has 150 valence electrons. The van der Waals surface area contributed by atoms with Crippen LogP contribution in [-0.4, -0.2) is 23.9 Å². The molecule has 0 saturated heterocycles. The number of carbonyl (C=O) groups excluding carboxylic acids is 2. The second-order valence-electron chi connectivity index (χ2n) is 7.30. The first kappa shape index (κ1) is 20.0. The Kier molecular flexibility index (Phi) is 5.40. The third-order valence-electron chi connectivity index (χ3n) is 5.55. The minimum atomic E-state index is -0.385. The zero-order valence-corrected chi connectivity index (χ0v) is 18.0. The van der Waals surface area contributed by atoms with E-state index in [1.165, 1.54) is 7.11 Å². The molecular formula is C22H19BrClNO4. The molecule has 4 rings (SSSR count). The lowest BCUT2D eigenvalue weighted by Gasteiger charge is -2.35. The highest BCUT2D eigenvalue weighted by Gasteiger charge is 2.39. The van der Waals surface area contributed by atoms with Crippen molar-refractivity contribution in [1.29, 1.82) is 0 Å². The highest BCUT2D eigenvalue weighted by atomic mass is 79.9. The molecular weight excluding hydrogens is 458 g/mol. The molecule has 2 aromatic carbocycles. The summed E-state index contributed by atoms with van der Waals surface area (Å²) in [5, 5.41) is 13.6. The molecule has 1 heterocycles. The van der Waals surface area contributed by atoms with E-state index in [9.17, 15) is 14.7 Å². The maximum atomic E-state index is 13.2. The van der Waals surface area contributed by atoms with Crippen LogP contribution in [0.4, 0.5) is 0 Å². The van der Waals surface area contributed by atoms with Crippen LogP contribution in [0.3, 0.4) is 0 Å². The summed E-state index contributed by atoms with van der Waals surface area (Å²) in [6.07, 6.45) is 1.05. The number of methoxy groups -OCH3 is 1. The minimum Gasteiger partial charge on any atom is -0.503 e. The molecule has 1 aliphatic carbocycles. The molecule has 0 unspecified atom stereocenters. The number of Topliss-reactive ketones (excluding diaryl/α,β-unsaturated/α-hetero) is 1. The molecule has 2 aliphatic rings. The van der Waals surface area contributed by atoms with Crippen LogP contribution >= 0.6 is 27.5 Å². The first-order valence-electron chi connectivity index (χ1n) is 9.26. The standard InChI is InChI=1S/C22H19BrClNO4/c1-29-19-9-11(6-15(23)22(19)28)14-10-20(27)25-17-7-12(8-18(26)21(14)17)13-4-2-3-5-16(13)24/h2-6,9,12,14,28H,7-8,10H2,1H3,(H,25,27)/t12-,14-/m1/s1. The van der Waals surface area contributed by atoms with Crippen molar-refractivity contribution in [3.8, 4) is 11.5 Å². The Morgan fingerprint density at radius 3 is 2.66 bits per heavy atom. The van der Waals surface area contributed by atoms with E-state index in [-0.39, 0.29) is 35.7 Å². The highest BCUT2D eigenvalue weighted by molar-refractivity contribution is 9.10. The fourth-order valence-corrected chi connectivity index (χ4v) is 4.97. The predicted octanol–water partition coefficient (Wildman–Crippen LogP) is 4.82. The van der Waals surface area contributed by atoms with Crippen molar-refractivity contribution in [2.24, 2.45) is 0 Å². The molecule has 0 bridgehead atoms. The average molecular weight is 477 g/mol. The van der Waals surface area contributed by atoms with E-state index in [4.69, 9.17) is 16.3 Å². The van der Waals surface area contributed by atoms with Crippen molar-refractivity contribution in [1.82, 2.24) is 5.32 Å². The van der Waals surface area contributed by atoms with Gasteiger partial charge in [0.05, 0.1) is 11.6 Å². The Labute approximate surface area is 181 Å². The summed E-state index contributed by atoms with van der Waals surface area (Å²) in [6, 6.07) is 10.9. The number of hydrogen-bond acceptors (Lipinski definition) is 4. The van der Waals surface area contributed by atoms with Gasteiger partial charge in [-0.2, -0.15) is 0 Å². The van der Waals surface area contributed by atoms with Crippen LogP contribution in [0, 0.1) is 0 Å². The van der Waals surface area contributed by atoms with Crippen LogP contribution in [0.2, 0.25) is 5.02 Å². The molecule has 2 atom stereocenters. The van der Waals surface area contributed by atoms with Gasteiger partial charge in [0.25, 0.3) is 0 Å². The summed E-state index contributed by atoms with van der Waals surface area (Å²) in [7, 11) is 1.46. The van der Waals surface area contributed by atoms with Gasteiger partial charge < -0.3 is 15.2 Å². The van der Waals surface area contributed by atoms with Gasteiger partial charge in [0.15, 0.2) is 17.3 Å². The SMILES string of the molecule is COc1cc([C@H]2CC(=O)NC3=C2C(=O)C[C@H](c2ccccc2Cl)C3)cc(Br)c1O. The number of carbonyl (C=O) groups is 2. The summed E-state index contributed by atoms with van der Waals surface area (Å²) in [5.41, 5.74) is 2.96. The van der Waals surface area contributed by atoms with Crippen LogP contribution < -0.4 is 10.1 Å². The molecule has 2 N–H and O–H groups in total. The summed E-state index contributed by atoms with van der Waals surface area (Å²) >= 11 is 9.67. The predicted molar refractivity (Wildman–Crippen MR) is 113 cm³/mol. The number of phenolic OH excluding ortho intramolecular Hbond substituents is 1. The van der Waals surface area contributed by atoms with E-state index in [2.05, 4.69) is 21.2 Å². The average Bonchev–Trinajstić information content (AvgIpc) is 2.69. The van der Waals surface area contributed by atoms with Gasteiger partial charge in [0.2, 0.25) is 5.91 Å². The smallest absolute Gasteiger partial charge is 0.225 e. The Bertz CT molecular complexity index is 1050. The van der Waals surface area contributed by atoms with Crippen LogP contribution in [-0.2, 0) is 9.59 Å². The molecule has 1 aliphatic heterocycles. The lowest BCUT2D eigenvalue weighted by molar-refractivity contribution is -0.122. The number of nitrogens with one attached hydrogen (secondary N) is 1. The molecule has 7 heteroatoms. The van der Waals surface area contributed by atoms with Crippen molar-refractivity contribution in [2.45, 2.75) is 31.1 Å². The lowest BCUT2D eigenvalue weighted by Crippen LogP contribution is -2.38. The molecule has 0 spiro atoms. The fourth-order valence-electron chi connectivity index (χ4n) is 4.22. The summed E-state index contributed by atoms with van der Waals surface area (Å²) in [4.78, 5) is 25.6. The van der Waals surface area contributed by atoms with Gasteiger partial charge in [-0.05, 0) is 57.6 Å². The van der Waals surface area contributed by atoms with Gasteiger partial charge >= 0.3 is 0 Å². The number of amides is 1. The summed E-state index contributed by atoms with van der Waals surface area (Å²) < 4.78 is 5.69. The van der Waals surface area contributed by atoms with Crippen molar-refractivity contribution in [3.63, 3.8) is 0 Å². The van der Waals surface area contributed by atoms with Gasteiger partial charge in [-0.3, -0.25) is 9.59 Å². The first-order valence-corrected chi connectivity index (χ1v) is 10.4. The number of benzene rings is 2. The Morgan fingerprint density at radius 2 is 1.93 bits per heavy atom. The molecule has 0 fully saturated rings. The van der Waals surface area contributed by atoms with E-state index >= 15 is 0 Å². The molecule has 0 aromatic heterocycles. The van der Waals surface area contributed by atoms with Gasteiger partial charge in [0.1, 0.15) is 0 Å². The third kappa shape index (κ3) is 3.67. The molecule has 1 amide bonds. The van der Waals surface area contributed by atoms with Crippen molar-refractivity contribution >= 4 is 39.2 Å². The Balaban J connectivity index is 1.76. The maximum absolute atomic E-state index is 13.2. The van der Waals surface area contributed by atoms with E-state index in [1.807, 2.05) is 24.3 Å². The van der Waals surface area contributed by atoms with Gasteiger partial charge in [-0.1, -0.05) is 29.8 Å². The van der Waals surface area contributed by atoms with Crippen LogP contribution in [0.25, 0.3) is 0 Å². The zero-order valence-electron chi connectivity index (χ0n) is 15.7. The molecule has 2 aromatic rings. The zero-order chi connectivity index (χ0) is 20.7. The maximum Gasteiger partial charge on any atom is 0.225 e. The van der Waals surface area contributed by atoms with Crippen LogP contribution in [0.5, 0.6) is 11.5 Å². The van der Waals surface area contributed by atoms with Gasteiger partial charge in [0, 0.05) is 35.1 Å². The van der Waals surface area contributed by atoms with Crippen LogP contribution in [0.15, 0.2) is 52.1 Å². The topological polar surface area (TPSA) is 75.6 Å². The molecule has 29 heavy (non-hydrogen) atoms. The Hall–Kier alpha value is -2.31. The first-order chi connectivity index (χ1) is 13.9. The number of rotatable bonds is 3. The van der Waals surface area contributed by atoms with Gasteiger partial charge in [-0.25, -0.2) is 0 Å². The van der Waals surface area contributed by atoms with Crippen molar-refractivity contribution in [2.75, 3.05) is 7.11 Å². The summed E-state index contributed by atoms with van der Waals surface area (Å²) in [5.74, 6) is -0.313. The van der Waals surface area contributed by atoms with E-state index in [0.29, 0.717) is 39.4 Å². The molecule has 0 saturated carbocycles. The number of ketones is 1. The molecule has 5 nitrogen and oxygen atoms in total. The largest absolute Gasteiger partial charge is 0.503 e. The van der Waals surface area contributed by atoms with E-state index in [1.54, 1.807) is 12.1 Å². The lowest BCUT2D eigenvalue weighted by atomic mass is 9.73. The van der Waals surface area contributed by atoms with Crippen molar-refractivity contribution < 1.29 is 19.4 Å². The number of allylic oxidation sites excluding steroid dienone is 2. The second-order valence-corrected chi connectivity index (χ2v) is 8.56. The molecule has 0 radical (unpaired) electrons. The number of hydrogen-bond donors (Lipinski definition) is 2. The van der Waals surface area contributed by atoms with E-state index in [0.717, 1.165) is 11.1 Å². The number of halogens is 2.